The zero-order valence-corrected chi connectivity index (χ0v) is 19.3. The summed E-state index contributed by atoms with van der Waals surface area (Å²) >= 11 is 0. The molecule has 9 heteroatoms. The lowest BCUT2D eigenvalue weighted by Gasteiger charge is -2.33. The largest absolute Gasteiger partial charge is 0.394 e. The fourth-order valence-electron chi connectivity index (χ4n) is 4.09. The van der Waals surface area contributed by atoms with Crippen molar-refractivity contribution in [2.75, 3.05) is 31.2 Å². The Hall–Kier alpha value is -2.85. The van der Waals surface area contributed by atoms with Crippen molar-refractivity contribution in [3.05, 3.63) is 59.9 Å². The third-order valence-corrected chi connectivity index (χ3v) is 6.07. The smallest absolute Gasteiger partial charge is 0.278 e. The summed E-state index contributed by atoms with van der Waals surface area (Å²) in [4.78, 5) is 28.5. The number of benzene rings is 1. The molecule has 0 bridgehead atoms. The predicted molar refractivity (Wildman–Crippen MR) is 129 cm³/mol. The number of hydrogen-bond donors (Lipinski definition) is 3. The third-order valence-electron chi connectivity index (χ3n) is 6.07. The lowest BCUT2D eigenvalue weighted by Crippen LogP contribution is -2.47. The van der Waals surface area contributed by atoms with Crippen molar-refractivity contribution >= 4 is 17.9 Å². The summed E-state index contributed by atoms with van der Waals surface area (Å²) in [5.74, 6) is 0.219. The monoisotopic (exact) mass is 467 g/mol. The van der Waals surface area contributed by atoms with Crippen molar-refractivity contribution < 1.29 is 19.5 Å². The lowest BCUT2D eigenvalue weighted by atomic mass is 10.0. The molecule has 3 N–H and O–H groups in total. The van der Waals surface area contributed by atoms with E-state index in [1.807, 2.05) is 42.5 Å². The summed E-state index contributed by atoms with van der Waals surface area (Å²) < 4.78 is 5.44. The summed E-state index contributed by atoms with van der Waals surface area (Å²) in [6, 6.07) is 10.3. The molecule has 4 rings (SSSR count). The Kier molecular flexibility index (Phi) is 8.97. The van der Waals surface area contributed by atoms with Crippen LogP contribution in [0.2, 0.25) is 0 Å². The highest BCUT2D eigenvalue weighted by atomic mass is 16.8. The van der Waals surface area contributed by atoms with Gasteiger partial charge < -0.3 is 20.1 Å². The second-order valence-electron chi connectivity index (χ2n) is 8.60. The van der Waals surface area contributed by atoms with Gasteiger partial charge in [0.15, 0.2) is 6.29 Å². The Morgan fingerprint density at radius 1 is 1.18 bits per heavy atom. The number of carbonyl (C=O) groups is 1. The van der Waals surface area contributed by atoms with Gasteiger partial charge in [0.1, 0.15) is 0 Å². The number of aromatic nitrogens is 2. The maximum atomic E-state index is 12.3. The van der Waals surface area contributed by atoms with Gasteiger partial charge in [0.05, 0.1) is 12.2 Å². The van der Waals surface area contributed by atoms with Crippen LogP contribution in [0, 0.1) is 0 Å². The molecule has 2 aromatic rings. The van der Waals surface area contributed by atoms with Gasteiger partial charge in [-0.05, 0) is 31.2 Å². The first kappa shape index (κ1) is 24.3. The van der Waals surface area contributed by atoms with Crippen molar-refractivity contribution in [3.8, 4) is 0 Å². The molecule has 3 heterocycles. The van der Waals surface area contributed by atoms with Crippen LogP contribution in [0.15, 0.2) is 48.8 Å². The van der Waals surface area contributed by atoms with E-state index in [9.17, 15) is 9.90 Å². The fourth-order valence-corrected chi connectivity index (χ4v) is 4.09. The van der Waals surface area contributed by atoms with Crippen molar-refractivity contribution in [1.29, 1.82) is 0 Å². The molecule has 34 heavy (non-hydrogen) atoms. The second kappa shape index (κ2) is 12.6. The van der Waals surface area contributed by atoms with Crippen LogP contribution < -0.4 is 15.7 Å². The van der Waals surface area contributed by atoms with Crippen LogP contribution in [0.1, 0.15) is 48.0 Å². The van der Waals surface area contributed by atoms with Gasteiger partial charge in [0.2, 0.25) is 5.95 Å². The number of anilines is 1. The third kappa shape index (κ3) is 7.07. The van der Waals surface area contributed by atoms with E-state index in [1.54, 1.807) is 0 Å². The minimum Gasteiger partial charge on any atom is -0.394 e. The zero-order chi connectivity index (χ0) is 23.6. The zero-order valence-electron chi connectivity index (χ0n) is 19.3. The van der Waals surface area contributed by atoms with Crippen LogP contribution in [-0.2, 0) is 9.57 Å². The second-order valence-corrected chi connectivity index (χ2v) is 8.60. The Morgan fingerprint density at radius 2 is 1.94 bits per heavy atom. The topological polar surface area (TPSA) is 109 Å². The first-order valence-electron chi connectivity index (χ1n) is 12.0. The van der Waals surface area contributed by atoms with Gasteiger partial charge in [-0.3, -0.25) is 4.79 Å². The molecule has 0 radical (unpaired) electrons. The Bertz CT molecular complexity index is 911. The molecule has 2 aliphatic heterocycles. The maximum Gasteiger partial charge on any atom is 0.278 e. The van der Waals surface area contributed by atoms with Crippen LogP contribution in [0.25, 0.3) is 6.08 Å². The van der Waals surface area contributed by atoms with Gasteiger partial charge in [-0.25, -0.2) is 20.3 Å². The van der Waals surface area contributed by atoms with Gasteiger partial charge >= 0.3 is 0 Å². The van der Waals surface area contributed by atoms with E-state index >= 15 is 0 Å². The summed E-state index contributed by atoms with van der Waals surface area (Å²) in [5.41, 5.74) is 3.88. The molecule has 2 aliphatic rings. The average Bonchev–Trinajstić information content (AvgIpc) is 2.91. The number of piperidine rings is 1. The minimum atomic E-state index is -0.396. The molecule has 1 amide bonds. The number of nitrogens with one attached hydrogen (secondary N) is 2. The average molecular weight is 468 g/mol. The number of aliphatic hydroxyl groups is 1. The maximum absolute atomic E-state index is 12.3. The number of nitrogens with zero attached hydrogens (tertiary/aromatic N) is 3. The number of aliphatic hydroxyl groups excluding tert-OH is 1. The Morgan fingerprint density at radius 3 is 2.62 bits per heavy atom. The van der Waals surface area contributed by atoms with Crippen molar-refractivity contribution in [2.45, 2.75) is 50.5 Å². The summed E-state index contributed by atoms with van der Waals surface area (Å²) in [7, 11) is 0. The number of carbonyl (C=O) groups excluding carboxylic acids is 1. The van der Waals surface area contributed by atoms with E-state index in [0.29, 0.717) is 24.2 Å². The standard InChI is InChI=1S/C25H33N5O4/c31-18-22(10-9-19-6-2-1-3-7-19)28-21-11-13-30(14-12-21)25-26-16-20(17-27-25)24(32)29-34-23-8-4-5-15-33-23/h1-3,6-7,9-10,16-17,21-23,28,31H,4-5,8,11-15,18H2,(H,29,32). The van der Waals surface area contributed by atoms with Crippen LogP contribution in [0.5, 0.6) is 0 Å². The molecule has 1 aromatic heterocycles. The lowest BCUT2D eigenvalue weighted by molar-refractivity contribution is -0.186. The van der Waals surface area contributed by atoms with Crippen molar-refractivity contribution in [1.82, 2.24) is 20.8 Å². The van der Waals surface area contributed by atoms with Gasteiger partial charge in [-0.2, -0.15) is 0 Å². The summed E-state index contributed by atoms with van der Waals surface area (Å²) in [6.07, 6.45) is 11.3. The van der Waals surface area contributed by atoms with E-state index in [2.05, 4.69) is 25.7 Å². The van der Waals surface area contributed by atoms with Gasteiger partial charge in [0.25, 0.3) is 5.91 Å². The molecule has 9 nitrogen and oxygen atoms in total. The molecule has 2 fully saturated rings. The number of hydroxylamine groups is 1. The number of ether oxygens (including phenoxy) is 1. The Balaban J connectivity index is 1.22. The molecule has 182 valence electrons. The highest BCUT2D eigenvalue weighted by Gasteiger charge is 2.23. The Labute approximate surface area is 200 Å². The summed E-state index contributed by atoms with van der Waals surface area (Å²) in [5, 5.41) is 13.3. The quantitative estimate of drug-likeness (QED) is 0.482. The first-order chi connectivity index (χ1) is 16.7. The van der Waals surface area contributed by atoms with Crippen LogP contribution >= 0.6 is 0 Å². The van der Waals surface area contributed by atoms with E-state index < -0.39 is 6.29 Å². The number of rotatable bonds is 9. The molecular formula is C25H33N5O4. The molecule has 0 saturated carbocycles. The first-order valence-corrected chi connectivity index (χ1v) is 12.0. The van der Waals surface area contributed by atoms with Crippen LogP contribution in [0.3, 0.4) is 0 Å². The number of hydrogen-bond acceptors (Lipinski definition) is 8. The molecule has 2 unspecified atom stereocenters. The van der Waals surface area contributed by atoms with Gasteiger partial charge in [0, 0.05) is 50.6 Å². The summed E-state index contributed by atoms with van der Waals surface area (Å²) in [6.45, 7) is 2.29. The van der Waals surface area contributed by atoms with E-state index in [1.165, 1.54) is 12.4 Å². The van der Waals surface area contributed by atoms with Crippen LogP contribution in [-0.4, -0.2) is 65.7 Å². The van der Waals surface area contributed by atoms with E-state index in [-0.39, 0.29) is 18.6 Å². The molecule has 0 spiro atoms. The number of amides is 1. The molecular weight excluding hydrogens is 434 g/mol. The highest BCUT2D eigenvalue weighted by molar-refractivity contribution is 5.92. The minimum absolute atomic E-state index is 0.0484. The molecule has 0 aliphatic carbocycles. The SMILES string of the molecule is O=C(NOC1CCCCO1)c1cnc(N2CCC(NC(C=Cc3ccccc3)CO)CC2)nc1. The van der Waals surface area contributed by atoms with E-state index in [0.717, 1.165) is 50.8 Å². The molecule has 2 saturated heterocycles. The van der Waals surface area contributed by atoms with E-state index in [4.69, 9.17) is 9.57 Å². The highest BCUT2D eigenvalue weighted by Crippen LogP contribution is 2.17. The predicted octanol–water partition coefficient (Wildman–Crippen LogP) is 2.30. The fraction of sp³-hybridized carbons (Fsp3) is 0.480. The van der Waals surface area contributed by atoms with Crippen molar-refractivity contribution in [3.63, 3.8) is 0 Å². The molecule has 1 aromatic carbocycles. The van der Waals surface area contributed by atoms with Crippen LogP contribution in [0.4, 0.5) is 5.95 Å². The van der Waals surface area contributed by atoms with Gasteiger partial charge in [-0.15, -0.1) is 0 Å². The van der Waals surface area contributed by atoms with Crippen molar-refractivity contribution in [2.24, 2.45) is 0 Å². The molecule has 2 atom stereocenters. The van der Waals surface area contributed by atoms with Gasteiger partial charge in [-0.1, -0.05) is 42.5 Å². The normalized spacial score (nSPS) is 20.4.